The Morgan fingerprint density at radius 2 is 1.84 bits per heavy atom. The minimum Gasteiger partial charge on any atom is -0.459 e. The van der Waals surface area contributed by atoms with Gasteiger partial charge in [-0.2, -0.15) is 0 Å². The normalized spacial score (nSPS) is 49.6. The lowest BCUT2D eigenvalue weighted by atomic mass is 9.47. The molecule has 4 fully saturated rings. The van der Waals surface area contributed by atoms with Gasteiger partial charge in [0.15, 0.2) is 5.78 Å². The number of carbonyl (C=O) groups is 2. The van der Waals surface area contributed by atoms with E-state index in [1.165, 1.54) is 31.3 Å². The summed E-state index contributed by atoms with van der Waals surface area (Å²) in [4.78, 5) is 24.1. The molecule has 5 rings (SSSR count). The van der Waals surface area contributed by atoms with Crippen molar-refractivity contribution >= 4 is 11.8 Å². The Morgan fingerprint density at radius 1 is 1.09 bits per heavy atom. The van der Waals surface area contributed by atoms with Gasteiger partial charge in [0.2, 0.25) is 0 Å². The second-order valence-electron chi connectivity index (χ2n) is 12.2. The van der Waals surface area contributed by atoms with Crippen molar-refractivity contribution in [1.29, 1.82) is 0 Å². The molecule has 0 unspecified atom stereocenters. The molecule has 1 saturated heterocycles. The predicted octanol–water partition coefficient (Wildman–Crippen LogP) is 5.11. The molecule has 0 spiro atoms. The summed E-state index contributed by atoms with van der Waals surface area (Å²) in [5, 5.41) is 11.3. The molecule has 1 heterocycles. The van der Waals surface area contributed by atoms with Crippen molar-refractivity contribution in [2.24, 2.45) is 52.3 Å². The minimum atomic E-state index is -0.595. The minimum absolute atomic E-state index is 0.0327. The van der Waals surface area contributed by atoms with Gasteiger partial charge < -0.3 is 9.84 Å². The number of ether oxygens (including phenoxy) is 1. The molecule has 1 N–H and O–H groups in total. The van der Waals surface area contributed by atoms with E-state index in [2.05, 4.69) is 26.8 Å². The van der Waals surface area contributed by atoms with Crippen LogP contribution in [-0.4, -0.2) is 29.1 Å². The predicted molar refractivity (Wildman–Crippen MR) is 123 cm³/mol. The van der Waals surface area contributed by atoms with Crippen LogP contribution in [0.25, 0.3) is 0 Å². The summed E-state index contributed by atoms with van der Waals surface area (Å²) < 4.78 is 5.63. The van der Waals surface area contributed by atoms with Gasteiger partial charge in [-0.1, -0.05) is 46.3 Å². The van der Waals surface area contributed by atoms with Crippen LogP contribution in [0.4, 0.5) is 0 Å². The molecule has 0 aromatic rings. The van der Waals surface area contributed by atoms with E-state index in [1.807, 2.05) is 19.9 Å². The summed E-state index contributed by atoms with van der Waals surface area (Å²) in [7, 11) is 0. The lowest BCUT2D eigenvalue weighted by Crippen LogP contribution is -2.51. The standard InChI is InChI=1S/C28H40O4/c1-15-16(2)26(31)32-25(15)24(30)17(3)21-8-9-22-20-7-6-18-14-19(29)10-12-27(18,4)23(20)11-13-28(21,22)5/h10,12,14-17,20-25,30H,6-9,11,13H2,1-5H3/t15-,16-,17-,20-,21-,22-,23-,24-,25+,27-,28-/m0/s1. The number of aliphatic hydroxyl groups is 1. The Hall–Kier alpha value is -1.42. The van der Waals surface area contributed by atoms with E-state index in [9.17, 15) is 14.7 Å². The first-order valence-corrected chi connectivity index (χ1v) is 12.9. The van der Waals surface area contributed by atoms with E-state index in [-0.39, 0.29) is 46.4 Å². The van der Waals surface area contributed by atoms with Gasteiger partial charge in [0.1, 0.15) is 6.10 Å². The quantitative estimate of drug-likeness (QED) is 0.620. The zero-order valence-electron chi connectivity index (χ0n) is 20.3. The van der Waals surface area contributed by atoms with Gasteiger partial charge in [-0.15, -0.1) is 0 Å². The number of esters is 1. The average molecular weight is 441 g/mol. The summed E-state index contributed by atoms with van der Waals surface area (Å²) >= 11 is 0. The molecule has 0 bridgehead atoms. The summed E-state index contributed by atoms with van der Waals surface area (Å²) in [5.74, 6) is 2.46. The molecule has 0 aromatic carbocycles. The summed E-state index contributed by atoms with van der Waals surface area (Å²) in [6.45, 7) is 11.0. The topological polar surface area (TPSA) is 63.6 Å². The fourth-order valence-electron chi connectivity index (χ4n) is 8.87. The number of allylic oxidation sites excluding steroid dienone is 4. The highest BCUT2D eigenvalue weighted by Crippen LogP contribution is 2.67. The lowest BCUT2D eigenvalue weighted by molar-refractivity contribution is -0.151. The summed E-state index contributed by atoms with van der Waals surface area (Å²) in [6.07, 6.45) is 11.9. The molecular weight excluding hydrogens is 400 g/mol. The third-order valence-corrected chi connectivity index (χ3v) is 11.1. The van der Waals surface area contributed by atoms with E-state index >= 15 is 0 Å². The highest BCUT2D eigenvalue weighted by atomic mass is 16.6. The van der Waals surface area contributed by atoms with Crippen LogP contribution in [0.15, 0.2) is 23.8 Å². The molecule has 1 aliphatic heterocycles. The Kier molecular flexibility index (Phi) is 5.28. The number of fused-ring (bicyclic) bond motifs is 5. The van der Waals surface area contributed by atoms with E-state index in [0.717, 1.165) is 12.8 Å². The molecule has 5 aliphatic rings. The Balaban J connectivity index is 1.36. The van der Waals surface area contributed by atoms with Crippen molar-refractivity contribution in [1.82, 2.24) is 0 Å². The molecule has 4 heteroatoms. The molecule has 32 heavy (non-hydrogen) atoms. The lowest BCUT2D eigenvalue weighted by Gasteiger charge is -2.57. The van der Waals surface area contributed by atoms with E-state index in [1.54, 1.807) is 6.08 Å². The molecular formula is C28H40O4. The fourth-order valence-corrected chi connectivity index (χ4v) is 8.87. The molecule has 4 aliphatic carbocycles. The van der Waals surface area contributed by atoms with Gasteiger partial charge in [-0.3, -0.25) is 9.59 Å². The van der Waals surface area contributed by atoms with Crippen molar-refractivity contribution in [2.75, 3.05) is 0 Å². The van der Waals surface area contributed by atoms with Crippen LogP contribution in [0, 0.1) is 52.3 Å². The first-order valence-electron chi connectivity index (χ1n) is 12.9. The van der Waals surface area contributed by atoms with Crippen LogP contribution in [-0.2, 0) is 14.3 Å². The van der Waals surface area contributed by atoms with Gasteiger partial charge in [0.05, 0.1) is 12.0 Å². The molecule has 0 amide bonds. The van der Waals surface area contributed by atoms with Crippen molar-refractivity contribution in [3.05, 3.63) is 23.8 Å². The van der Waals surface area contributed by atoms with E-state index in [4.69, 9.17) is 4.74 Å². The second-order valence-corrected chi connectivity index (χ2v) is 12.2. The van der Waals surface area contributed by atoms with Crippen LogP contribution in [0.1, 0.15) is 73.1 Å². The first-order chi connectivity index (χ1) is 15.1. The highest BCUT2D eigenvalue weighted by molar-refractivity contribution is 6.01. The number of rotatable bonds is 3. The number of hydrogen-bond acceptors (Lipinski definition) is 4. The van der Waals surface area contributed by atoms with Crippen molar-refractivity contribution in [3.63, 3.8) is 0 Å². The van der Waals surface area contributed by atoms with Crippen LogP contribution in [0.5, 0.6) is 0 Å². The highest BCUT2D eigenvalue weighted by Gasteiger charge is 2.60. The second kappa shape index (κ2) is 7.55. The Labute approximate surface area is 192 Å². The summed E-state index contributed by atoms with van der Waals surface area (Å²) in [6, 6.07) is 0. The zero-order valence-corrected chi connectivity index (χ0v) is 20.3. The van der Waals surface area contributed by atoms with Gasteiger partial charge in [0, 0.05) is 11.3 Å². The average Bonchev–Trinajstić information content (AvgIpc) is 3.24. The zero-order chi connectivity index (χ0) is 23.0. The van der Waals surface area contributed by atoms with Crippen molar-refractivity contribution < 1.29 is 19.4 Å². The molecule has 4 nitrogen and oxygen atoms in total. The maximum Gasteiger partial charge on any atom is 0.309 e. The summed E-state index contributed by atoms with van der Waals surface area (Å²) in [5.41, 5.74) is 1.61. The van der Waals surface area contributed by atoms with Gasteiger partial charge in [-0.25, -0.2) is 0 Å². The Bertz CT molecular complexity index is 873. The van der Waals surface area contributed by atoms with Crippen LogP contribution in [0.3, 0.4) is 0 Å². The van der Waals surface area contributed by atoms with E-state index < -0.39 is 6.10 Å². The number of aliphatic hydroxyl groups excluding tert-OH is 1. The first kappa shape index (κ1) is 22.4. The maximum atomic E-state index is 12.1. The monoisotopic (exact) mass is 440 g/mol. The number of cyclic esters (lactones) is 1. The molecule has 176 valence electrons. The van der Waals surface area contributed by atoms with Crippen molar-refractivity contribution in [3.8, 4) is 0 Å². The number of hydrogen-bond donors (Lipinski definition) is 1. The largest absolute Gasteiger partial charge is 0.459 e. The van der Waals surface area contributed by atoms with Crippen LogP contribution in [0.2, 0.25) is 0 Å². The number of ketones is 1. The Morgan fingerprint density at radius 3 is 2.53 bits per heavy atom. The molecule has 0 aromatic heterocycles. The third kappa shape index (κ3) is 3.04. The maximum absolute atomic E-state index is 12.1. The van der Waals surface area contributed by atoms with Gasteiger partial charge in [-0.05, 0) is 85.7 Å². The smallest absolute Gasteiger partial charge is 0.309 e. The van der Waals surface area contributed by atoms with Gasteiger partial charge in [0.25, 0.3) is 0 Å². The van der Waals surface area contributed by atoms with Gasteiger partial charge >= 0.3 is 5.97 Å². The molecule has 11 atom stereocenters. The van der Waals surface area contributed by atoms with Crippen LogP contribution >= 0.6 is 0 Å². The third-order valence-electron chi connectivity index (χ3n) is 11.1. The fraction of sp³-hybridized carbons (Fsp3) is 0.786. The molecule has 3 saturated carbocycles. The van der Waals surface area contributed by atoms with Crippen LogP contribution < -0.4 is 0 Å². The van der Waals surface area contributed by atoms with E-state index in [0.29, 0.717) is 23.7 Å². The van der Waals surface area contributed by atoms with Crippen molar-refractivity contribution in [2.45, 2.75) is 85.4 Å². The SMILES string of the molecule is C[C@@H]1[C@H]([C@@H](O)[C@@H](C)[C@@H]2CC[C@H]3[C@@H]4CCC5=CC(=O)C=C[C@]5(C)[C@H]4CC[C@@]23C)OC(=O)[C@H]1C. The number of carbonyl (C=O) groups excluding carboxylic acids is 2. The molecule has 0 radical (unpaired) electrons.